The molecule has 1 aromatic carbocycles. The molecule has 2 heterocycles. The van der Waals surface area contributed by atoms with Gasteiger partial charge in [-0.05, 0) is 32.0 Å². The number of aliphatic hydroxyl groups excluding tert-OH is 1. The molecule has 0 saturated carbocycles. The van der Waals surface area contributed by atoms with Gasteiger partial charge < -0.3 is 10.0 Å². The second kappa shape index (κ2) is 6.23. The van der Waals surface area contributed by atoms with Gasteiger partial charge in [0.1, 0.15) is 6.10 Å². The molecule has 0 aliphatic rings. The summed E-state index contributed by atoms with van der Waals surface area (Å²) in [5.41, 5.74) is 3.55. The van der Waals surface area contributed by atoms with Crippen molar-refractivity contribution in [3.63, 3.8) is 0 Å². The minimum Gasteiger partial charge on any atom is -0.382 e. The summed E-state index contributed by atoms with van der Waals surface area (Å²) in [6.45, 7) is 0.976. The highest BCUT2D eigenvalue weighted by molar-refractivity contribution is 7.19. The third kappa shape index (κ3) is 3.01. The van der Waals surface area contributed by atoms with Gasteiger partial charge in [-0.25, -0.2) is 4.98 Å². The second-order valence-corrected chi connectivity index (χ2v) is 7.16. The summed E-state index contributed by atoms with van der Waals surface area (Å²) in [5, 5.41) is 13.8. The first-order chi connectivity index (χ1) is 10.2. The van der Waals surface area contributed by atoms with Crippen molar-refractivity contribution in [2.24, 2.45) is 0 Å². The zero-order valence-electron chi connectivity index (χ0n) is 12.1. The minimum atomic E-state index is -0.635. The van der Waals surface area contributed by atoms with Crippen molar-refractivity contribution in [1.29, 1.82) is 0 Å². The number of benzene rings is 1. The molecular weight excluding hydrogens is 300 g/mol. The smallest absolute Gasteiger partial charge is 0.123 e. The van der Waals surface area contributed by atoms with E-state index in [4.69, 9.17) is 0 Å². The molecule has 0 bridgehead atoms. The Hall–Kier alpha value is -1.27. The molecule has 1 N–H and O–H groups in total. The van der Waals surface area contributed by atoms with Gasteiger partial charge in [0.15, 0.2) is 0 Å². The summed E-state index contributed by atoms with van der Waals surface area (Å²) < 4.78 is 1.23. The molecule has 2 aromatic heterocycles. The third-order valence-corrected chi connectivity index (χ3v) is 5.35. The van der Waals surface area contributed by atoms with Gasteiger partial charge >= 0.3 is 0 Å². The molecule has 3 aromatic rings. The van der Waals surface area contributed by atoms with Gasteiger partial charge in [0.25, 0.3) is 0 Å². The molecule has 0 spiro atoms. The first-order valence-corrected chi connectivity index (χ1v) is 8.64. The highest BCUT2D eigenvalue weighted by Crippen LogP contribution is 2.38. The number of rotatable bonds is 5. The minimum absolute atomic E-state index is 0.635. The lowest BCUT2D eigenvalue weighted by Crippen LogP contribution is -2.15. The maximum atomic E-state index is 10.8. The van der Waals surface area contributed by atoms with Crippen LogP contribution in [0.5, 0.6) is 0 Å². The van der Waals surface area contributed by atoms with Crippen LogP contribution in [0.3, 0.4) is 0 Å². The number of thiazole rings is 1. The Bertz CT molecular complexity index is 719. The van der Waals surface area contributed by atoms with Crippen LogP contribution in [0.4, 0.5) is 0 Å². The third-order valence-electron chi connectivity index (χ3n) is 3.50. The molecule has 3 rings (SSSR count). The van der Waals surface area contributed by atoms with E-state index in [1.807, 2.05) is 17.5 Å². The van der Waals surface area contributed by atoms with Crippen molar-refractivity contribution in [2.45, 2.75) is 12.5 Å². The summed E-state index contributed by atoms with van der Waals surface area (Å²) >= 11 is 3.30. The maximum Gasteiger partial charge on any atom is 0.123 e. The number of nitrogens with zero attached hydrogens (tertiary/aromatic N) is 2. The van der Waals surface area contributed by atoms with E-state index in [1.54, 1.807) is 16.8 Å². The molecule has 0 aliphatic heterocycles. The van der Waals surface area contributed by atoms with Crippen LogP contribution in [-0.2, 0) is 6.42 Å². The summed E-state index contributed by atoms with van der Waals surface area (Å²) in [5.74, 6) is 0. The van der Waals surface area contributed by atoms with E-state index in [0.29, 0.717) is 0 Å². The topological polar surface area (TPSA) is 36.4 Å². The van der Waals surface area contributed by atoms with Gasteiger partial charge in [-0.1, -0.05) is 18.2 Å². The summed E-state index contributed by atoms with van der Waals surface area (Å²) in [4.78, 5) is 7.70. The first-order valence-electron chi connectivity index (χ1n) is 6.88. The molecule has 3 nitrogen and oxygen atoms in total. The van der Waals surface area contributed by atoms with E-state index in [1.165, 1.54) is 20.9 Å². The average Bonchev–Trinajstić information content (AvgIpc) is 3.11. The quantitative estimate of drug-likeness (QED) is 0.781. The molecule has 0 saturated heterocycles. The fourth-order valence-electron chi connectivity index (χ4n) is 2.43. The van der Waals surface area contributed by atoms with Crippen molar-refractivity contribution in [1.82, 2.24) is 9.88 Å². The van der Waals surface area contributed by atoms with Crippen molar-refractivity contribution in [2.75, 3.05) is 20.6 Å². The number of aliphatic hydroxyl groups is 1. The van der Waals surface area contributed by atoms with Crippen molar-refractivity contribution < 1.29 is 5.11 Å². The van der Waals surface area contributed by atoms with Gasteiger partial charge in [-0.15, -0.1) is 22.7 Å². The predicted molar refractivity (Wildman–Crippen MR) is 90.3 cm³/mol. The van der Waals surface area contributed by atoms with Gasteiger partial charge in [0, 0.05) is 27.1 Å². The van der Waals surface area contributed by atoms with Crippen LogP contribution >= 0.6 is 22.7 Å². The second-order valence-electron chi connectivity index (χ2n) is 5.30. The number of thiophene rings is 1. The fraction of sp³-hybridized carbons (Fsp3) is 0.312. The number of fused-ring (bicyclic) bond motifs is 1. The Kier molecular flexibility index (Phi) is 4.35. The summed E-state index contributed by atoms with van der Waals surface area (Å²) in [7, 11) is 4.15. The first kappa shape index (κ1) is 14.7. The van der Waals surface area contributed by atoms with E-state index >= 15 is 0 Å². The lowest BCUT2D eigenvalue weighted by Gasteiger charge is -2.13. The molecule has 0 amide bonds. The van der Waals surface area contributed by atoms with Crippen LogP contribution in [0, 0.1) is 0 Å². The van der Waals surface area contributed by atoms with Crippen LogP contribution in [0.2, 0.25) is 0 Å². The molecular formula is C16H18N2OS2. The van der Waals surface area contributed by atoms with Gasteiger partial charge in [-0.2, -0.15) is 0 Å². The Morgan fingerprint density at radius 3 is 2.81 bits per heavy atom. The van der Waals surface area contributed by atoms with Crippen LogP contribution in [0.1, 0.15) is 22.2 Å². The summed E-state index contributed by atoms with van der Waals surface area (Å²) in [6, 6.07) is 8.29. The van der Waals surface area contributed by atoms with Gasteiger partial charge in [0.2, 0.25) is 0 Å². The predicted octanol–water partition coefficient (Wildman–Crippen LogP) is 3.54. The lowest BCUT2D eigenvalue weighted by molar-refractivity contribution is 0.217. The monoisotopic (exact) mass is 318 g/mol. The fourth-order valence-corrected chi connectivity index (χ4v) is 4.23. The van der Waals surface area contributed by atoms with Crippen LogP contribution in [0.25, 0.3) is 10.1 Å². The number of hydrogen-bond acceptors (Lipinski definition) is 5. The Balaban J connectivity index is 2.06. The van der Waals surface area contributed by atoms with E-state index in [2.05, 4.69) is 36.1 Å². The standard InChI is InChI=1S/C16H18N2OS2/c1-18(2)8-7-14-15(16(19)12-9-20-10-17-12)11-5-3-4-6-13(11)21-14/h3-6,9-10,16,19H,7-8H2,1-2H3. The van der Waals surface area contributed by atoms with Gasteiger partial charge in [-0.3, -0.25) is 0 Å². The normalized spacial score (nSPS) is 13.1. The zero-order valence-corrected chi connectivity index (χ0v) is 13.7. The van der Waals surface area contributed by atoms with Crippen LogP contribution in [0.15, 0.2) is 35.2 Å². The molecule has 0 aliphatic carbocycles. The molecule has 5 heteroatoms. The van der Waals surface area contributed by atoms with Gasteiger partial charge in [0.05, 0.1) is 11.2 Å². The lowest BCUT2D eigenvalue weighted by atomic mass is 10.0. The highest BCUT2D eigenvalue weighted by atomic mass is 32.1. The van der Waals surface area contributed by atoms with Crippen LogP contribution < -0.4 is 0 Å². The highest BCUT2D eigenvalue weighted by Gasteiger charge is 2.21. The van der Waals surface area contributed by atoms with E-state index < -0.39 is 6.10 Å². The molecule has 0 radical (unpaired) electrons. The Labute approximate surface area is 132 Å². The van der Waals surface area contributed by atoms with Crippen LogP contribution in [-0.4, -0.2) is 35.6 Å². The molecule has 1 unspecified atom stereocenters. The number of hydrogen-bond donors (Lipinski definition) is 1. The maximum absolute atomic E-state index is 10.8. The Morgan fingerprint density at radius 1 is 1.29 bits per heavy atom. The van der Waals surface area contributed by atoms with Crippen molar-refractivity contribution in [3.8, 4) is 0 Å². The average molecular weight is 318 g/mol. The SMILES string of the molecule is CN(C)CCc1sc2ccccc2c1C(O)c1cscn1. The van der Waals surface area contributed by atoms with Crippen molar-refractivity contribution in [3.05, 3.63) is 51.3 Å². The summed E-state index contributed by atoms with van der Waals surface area (Å²) in [6.07, 6.45) is 0.313. The zero-order chi connectivity index (χ0) is 14.8. The largest absolute Gasteiger partial charge is 0.382 e. The number of likely N-dealkylation sites (N-methyl/N-ethyl adjacent to an activating group) is 1. The Morgan fingerprint density at radius 2 is 2.10 bits per heavy atom. The number of aromatic nitrogens is 1. The molecule has 1 atom stereocenters. The molecule has 0 fully saturated rings. The van der Waals surface area contributed by atoms with E-state index in [-0.39, 0.29) is 0 Å². The van der Waals surface area contributed by atoms with Crippen molar-refractivity contribution >= 4 is 32.8 Å². The van der Waals surface area contributed by atoms with E-state index in [9.17, 15) is 5.11 Å². The molecule has 110 valence electrons. The molecule has 21 heavy (non-hydrogen) atoms. The van der Waals surface area contributed by atoms with E-state index in [0.717, 1.165) is 29.6 Å².